The SMILES string of the molecule is O=S(=O)(C1CCCCC1)N1C2CCC1CC(Oc1cccnc1)C2. The summed E-state index contributed by atoms with van der Waals surface area (Å²) in [6.07, 6.45) is 12.1. The number of fused-ring (bicyclic) bond motifs is 2. The van der Waals surface area contributed by atoms with Gasteiger partial charge in [-0.1, -0.05) is 19.3 Å². The number of nitrogens with zero attached hydrogens (tertiary/aromatic N) is 2. The second-order valence-corrected chi connectivity index (χ2v) is 9.54. The van der Waals surface area contributed by atoms with Gasteiger partial charge in [-0.2, -0.15) is 4.31 Å². The summed E-state index contributed by atoms with van der Waals surface area (Å²) in [7, 11) is -3.15. The third-order valence-corrected chi connectivity index (χ3v) is 8.33. The molecule has 3 fully saturated rings. The van der Waals surface area contributed by atoms with Crippen LogP contribution >= 0.6 is 0 Å². The molecule has 2 bridgehead atoms. The Morgan fingerprint density at radius 1 is 1.04 bits per heavy atom. The topological polar surface area (TPSA) is 59.5 Å². The molecule has 2 unspecified atom stereocenters. The summed E-state index contributed by atoms with van der Waals surface area (Å²) in [5.74, 6) is 0.783. The van der Waals surface area contributed by atoms with Crippen molar-refractivity contribution in [2.75, 3.05) is 0 Å². The third-order valence-electron chi connectivity index (χ3n) is 5.83. The second kappa shape index (κ2) is 6.64. The molecule has 3 heterocycles. The molecule has 0 spiro atoms. The van der Waals surface area contributed by atoms with Crippen LogP contribution in [0.25, 0.3) is 0 Å². The van der Waals surface area contributed by atoms with Gasteiger partial charge in [-0.05, 0) is 37.8 Å². The Bertz CT molecular complexity index is 644. The molecule has 2 aliphatic heterocycles. The predicted molar refractivity (Wildman–Crippen MR) is 92.3 cm³/mol. The minimum Gasteiger partial charge on any atom is -0.489 e. The van der Waals surface area contributed by atoms with E-state index in [2.05, 4.69) is 4.98 Å². The molecule has 5 nitrogen and oxygen atoms in total. The van der Waals surface area contributed by atoms with Gasteiger partial charge in [0.25, 0.3) is 0 Å². The molecule has 2 atom stereocenters. The zero-order valence-corrected chi connectivity index (χ0v) is 14.8. The Hall–Kier alpha value is -1.14. The third kappa shape index (κ3) is 3.06. The smallest absolute Gasteiger partial charge is 0.217 e. The molecule has 0 radical (unpaired) electrons. The first-order valence-corrected chi connectivity index (χ1v) is 10.7. The summed E-state index contributed by atoms with van der Waals surface area (Å²) in [4.78, 5) is 4.09. The van der Waals surface area contributed by atoms with Gasteiger partial charge in [0, 0.05) is 31.1 Å². The van der Waals surface area contributed by atoms with Gasteiger partial charge >= 0.3 is 0 Å². The van der Waals surface area contributed by atoms with Crippen molar-refractivity contribution in [2.24, 2.45) is 0 Å². The lowest BCUT2D eigenvalue weighted by Crippen LogP contribution is -2.52. The molecule has 4 rings (SSSR count). The van der Waals surface area contributed by atoms with Crippen molar-refractivity contribution in [3.05, 3.63) is 24.5 Å². The minimum absolute atomic E-state index is 0.101. The molecule has 132 valence electrons. The highest BCUT2D eigenvalue weighted by Gasteiger charge is 2.49. The van der Waals surface area contributed by atoms with Crippen molar-refractivity contribution in [3.8, 4) is 5.75 Å². The number of sulfonamides is 1. The van der Waals surface area contributed by atoms with Crippen molar-refractivity contribution in [3.63, 3.8) is 0 Å². The number of pyridine rings is 1. The van der Waals surface area contributed by atoms with Crippen molar-refractivity contribution < 1.29 is 13.2 Å². The first kappa shape index (κ1) is 16.3. The monoisotopic (exact) mass is 350 g/mol. The Morgan fingerprint density at radius 3 is 2.38 bits per heavy atom. The van der Waals surface area contributed by atoms with Gasteiger partial charge in [-0.15, -0.1) is 0 Å². The molecule has 3 aliphatic rings. The number of hydrogen-bond acceptors (Lipinski definition) is 4. The highest BCUT2D eigenvalue weighted by atomic mass is 32.2. The van der Waals surface area contributed by atoms with Crippen molar-refractivity contribution in [1.29, 1.82) is 0 Å². The number of hydrogen-bond donors (Lipinski definition) is 0. The van der Waals surface area contributed by atoms with Crippen LogP contribution in [-0.4, -0.2) is 41.1 Å². The first-order chi connectivity index (χ1) is 11.6. The van der Waals surface area contributed by atoms with Crippen LogP contribution < -0.4 is 4.74 Å². The van der Waals surface area contributed by atoms with Gasteiger partial charge in [-0.25, -0.2) is 8.42 Å². The minimum atomic E-state index is -3.15. The second-order valence-electron chi connectivity index (χ2n) is 7.42. The van der Waals surface area contributed by atoms with Crippen LogP contribution in [0.2, 0.25) is 0 Å². The van der Waals surface area contributed by atoms with E-state index >= 15 is 0 Å². The maximum absolute atomic E-state index is 13.1. The molecule has 1 aliphatic carbocycles. The van der Waals surface area contributed by atoms with Gasteiger partial charge in [-0.3, -0.25) is 4.98 Å². The van der Waals surface area contributed by atoms with E-state index in [9.17, 15) is 8.42 Å². The van der Waals surface area contributed by atoms with Crippen LogP contribution in [-0.2, 0) is 10.0 Å². The van der Waals surface area contributed by atoms with Gasteiger partial charge in [0.2, 0.25) is 10.0 Å². The molecule has 2 saturated heterocycles. The maximum atomic E-state index is 13.1. The van der Waals surface area contributed by atoms with E-state index in [1.807, 2.05) is 16.4 Å². The summed E-state index contributed by atoms with van der Waals surface area (Å²) < 4.78 is 34.2. The van der Waals surface area contributed by atoms with Gasteiger partial charge < -0.3 is 4.74 Å². The molecule has 0 aromatic carbocycles. The van der Waals surface area contributed by atoms with E-state index in [0.29, 0.717) is 0 Å². The van der Waals surface area contributed by atoms with E-state index in [1.54, 1.807) is 12.4 Å². The van der Waals surface area contributed by atoms with E-state index in [0.717, 1.165) is 57.1 Å². The fraction of sp³-hybridized carbons (Fsp3) is 0.722. The van der Waals surface area contributed by atoms with Crippen LogP contribution in [0.5, 0.6) is 5.75 Å². The largest absolute Gasteiger partial charge is 0.489 e. The van der Waals surface area contributed by atoms with Gasteiger partial charge in [0.15, 0.2) is 0 Å². The van der Waals surface area contributed by atoms with E-state index in [-0.39, 0.29) is 23.4 Å². The number of rotatable bonds is 4. The van der Waals surface area contributed by atoms with Crippen molar-refractivity contribution in [2.45, 2.75) is 81.2 Å². The molecule has 24 heavy (non-hydrogen) atoms. The summed E-state index contributed by atoms with van der Waals surface area (Å²) >= 11 is 0. The van der Waals surface area contributed by atoms with Crippen molar-refractivity contribution >= 4 is 10.0 Å². The molecule has 0 N–H and O–H groups in total. The van der Waals surface area contributed by atoms with Crippen LogP contribution in [0.1, 0.15) is 57.8 Å². The highest BCUT2D eigenvalue weighted by molar-refractivity contribution is 7.89. The number of ether oxygens (including phenoxy) is 1. The summed E-state index contributed by atoms with van der Waals surface area (Å²) in [5, 5.41) is -0.148. The normalized spacial score (nSPS) is 31.9. The zero-order valence-electron chi connectivity index (χ0n) is 14.0. The van der Waals surface area contributed by atoms with E-state index in [4.69, 9.17) is 4.74 Å². The molecule has 6 heteroatoms. The summed E-state index contributed by atoms with van der Waals surface area (Å²) in [5.41, 5.74) is 0. The summed E-state index contributed by atoms with van der Waals surface area (Å²) in [6.45, 7) is 0. The Labute approximate surface area is 144 Å². The van der Waals surface area contributed by atoms with Crippen molar-refractivity contribution in [1.82, 2.24) is 9.29 Å². The molecule has 1 aromatic heterocycles. The number of aromatic nitrogens is 1. The lowest BCUT2D eigenvalue weighted by molar-refractivity contribution is 0.0944. The quantitative estimate of drug-likeness (QED) is 0.837. The molecule has 1 aromatic rings. The average Bonchev–Trinajstić information content (AvgIpc) is 2.89. The number of piperidine rings is 1. The standard InChI is InChI=1S/C18H26N2O3S/c21-24(22,18-6-2-1-3-7-18)20-14-8-9-15(20)12-17(11-14)23-16-5-4-10-19-13-16/h4-5,10,13-15,17-18H,1-3,6-9,11-12H2. The van der Waals surface area contributed by atoms with E-state index < -0.39 is 10.0 Å². The maximum Gasteiger partial charge on any atom is 0.217 e. The molecular weight excluding hydrogens is 324 g/mol. The zero-order chi connectivity index (χ0) is 16.6. The van der Waals surface area contributed by atoms with Crippen LogP contribution in [0.15, 0.2) is 24.5 Å². The fourth-order valence-corrected chi connectivity index (χ4v) is 7.23. The van der Waals surface area contributed by atoms with Gasteiger partial charge in [0.05, 0.1) is 11.4 Å². The Balaban J connectivity index is 1.47. The van der Waals surface area contributed by atoms with E-state index in [1.165, 1.54) is 6.42 Å². The fourth-order valence-electron chi connectivity index (χ4n) is 4.74. The lowest BCUT2D eigenvalue weighted by Gasteiger charge is -2.40. The predicted octanol–water partition coefficient (Wildman–Crippen LogP) is 3.12. The summed E-state index contributed by atoms with van der Waals surface area (Å²) in [6, 6.07) is 4.03. The van der Waals surface area contributed by atoms with Gasteiger partial charge in [0.1, 0.15) is 11.9 Å². The average molecular weight is 350 g/mol. The van der Waals surface area contributed by atoms with Crippen LogP contribution in [0.3, 0.4) is 0 Å². The Kier molecular flexibility index (Phi) is 4.52. The first-order valence-electron chi connectivity index (χ1n) is 9.23. The Morgan fingerprint density at radius 2 is 1.75 bits per heavy atom. The molecule has 1 saturated carbocycles. The molecular formula is C18H26N2O3S. The van der Waals surface area contributed by atoms with Crippen LogP contribution in [0, 0.1) is 0 Å². The van der Waals surface area contributed by atoms with Crippen LogP contribution in [0.4, 0.5) is 0 Å². The lowest BCUT2D eigenvalue weighted by atomic mass is 10.0. The highest BCUT2D eigenvalue weighted by Crippen LogP contribution is 2.41. The molecule has 0 amide bonds.